The molecule has 0 spiro atoms. The highest BCUT2D eigenvalue weighted by Crippen LogP contribution is 2.38. The van der Waals surface area contributed by atoms with Crippen molar-refractivity contribution in [2.75, 3.05) is 0 Å². The maximum Gasteiger partial charge on any atom is 0.179 e. The molecule has 2 aromatic heterocycles. The predicted octanol–water partition coefficient (Wildman–Crippen LogP) is 5.95. The van der Waals surface area contributed by atoms with E-state index >= 15 is 0 Å². The molecule has 0 aliphatic heterocycles. The van der Waals surface area contributed by atoms with Crippen LogP contribution in [0.25, 0.3) is 0 Å². The molecular weight excluding hydrogens is 336 g/mol. The quantitative estimate of drug-likeness (QED) is 0.514. The van der Waals surface area contributed by atoms with E-state index in [-0.39, 0.29) is 0 Å². The highest BCUT2D eigenvalue weighted by atomic mass is 33.1. The topological polar surface area (TPSA) is 35.6 Å². The number of hydrogen-bond acceptors (Lipinski definition) is 4. The number of hydrogen-bond donors (Lipinski definition) is 0. The Kier molecular flexibility index (Phi) is 7.29. The fourth-order valence-electron chi connectivity index (χ4n) is 2.54. The van der Waals surface area contributed by atoms with Gasteiger partial charge < -0.3 is 9.13 Å². The molecule has 2 rings (SSSR count). The first kappa shape index (κ1) is 19.4. The first-order valence-electron chi connectivity index (χ1n) is 8.96. The molecule has 0 radical (unpaired) electrons. The normalized spacial score (nSPS) is 11.8. The van der Waals surface area contributed by atoms with Crippen LogP contribution in [0, 0.1) is 0 Å². The van der Waals surface area contributed by atoms with Gasteiger partial charge >= 0.3 is 0 Å². The molecule has 2 aromatic rings. The molecule has 0 N–H and O–H groups in total. The van der Waals surface area contributed by atoms with Crippen LogP contribution in [0.3, 0.4) is 0 Å². The van der Waals surface area contributed by atoms with E-state index in [0.29, 0.717) is 12.1 Å². The lowest BCUT2D eigenvalue weighted by Gasteiger charge is -2.12. The first-order valence-corrected chi connectivity index (χ1v) is 11.1. The number of rotatable bonds is 9. The fourth-order valence-corrected chi connectivity index (χ4v) is 4.89. The van der Waals surface area contributed by atoms with Gasteiger partial charge in [0.05, 0.1) is 11.4 Å². The standard InChI is InChI=1S/C18H30N4S2/c1-7-9-15-11-21(13(3)4)17(19-15)23-24-18-20-16(10-8-2)12-22(18)14(5)6/h11-14H,7-10H2,1-6H3. The summed E-state index contributed by atoms with van der Waals surface area (Å²) < 4.78 is 4.55. The van der Waals surface area contributed by atoms with Crippen molar-refractivity contribution in [1.82, 2.24) is 19.1 Å². The van der Waals surface area contributed by atoms with Crippen molar-refractivity contribution in [2.45, 2.75) is 89.6 Å². The molecule has 6 heteroatoms. The van der Waals surface area contributed by atoms with Crippen molar-refractivity contribution in [1.29, 1.82) is 0 Å². The summed E-state index contributed by atoms with van der Waals surface area (Å²) in [6, 6.07) is 0.846. The third-order valence-electron chi connectivity index (χ3n) is 3.81. The molecule has 0 unspecified atom stereocenters. The van der Waals surface area contributed by atoms with E-state index in [1.807, 2.05) is 0 Å². The lowest BCUT2D eigenvalue weighted by atomic mass is 10.3. The highest BCUT2D eigenvalue weighted by molar-refractivity contribution is 8.76. The van der Waals surface area contributed by atoms with Crippen molar-refractivity contribution in [3.8, 4) is 0 Å². The van der Waals surface area contributed by atoms with Crippen molar-refractivity contribution < 1.29 is 0 Å². The second-order valence-corrected chi connectivity index (χ2v) is 8.76. The molecule has 0 atom stereocenters. The van der Waals surface area contributed by atoms with Crippen LogP contribution in [0.15, 0.2) is 22.7 Å². The Balaban J connectivity index is 2.18. The second kappa shape index (κ2) is 8.99. The molecule has 0 aromatic carbocycles. The van der Waals surface area contributed by atoms with E-state index < -0.39 is 0 Å². The van der Waals surface area contributed by atoms with Gasteiger partial charge in [-0.05, 0) is 62.1 Å². The van der Waals surface area contributed by atoms with E-state index in [4.69, 9.17) is 9.97 Å². The van der Waals surface area contributed by atoms with E-state index in [9.17, 15) is 0 Å². The Morgan fingerprint density at radius 2 is 1.17 bits per heavy atom. The van der Waals surface area contributed by atoms with Gasteiger partial charge in [-0.3, -0.25) is 0 Å². The van der Waals surface area contributed by atoms with Crippen molar-refractivity contribution in [3.63, 3.8) is 0 Å². The maximum atomic E-state index is 4.82. The van der Waals surface area contributed by atoms with E-state index in [1.54, 1.807) is 21.6 Å². The van der Waals surface area contributed by atoms with Gasteiger partial charge in [0.25, 0.3) is 0 Å². The van der Waals surface area contributed by atoms with Gasteiger partial charge in [0.2, 0.25) is 0 Å². The summed E-state index contributed by atoms with van der Waals surface area (Å²) in [6.45, 7) is 13.2. The van der Waals surface area contributed by atoms with Gasteiger partial charge in [0.15, 0.2) is 10.3 Å². The molecule has 0 saturated heterocycles. The van der Waals surface area contributed by atoms with Crippen molar-refractivity contribution in [2.24, 2.45) is 0 Å². The molecule has 0 aliphatic rings. The Morgan fingerprint density at radius 3 is 1.46 bits per heavy atom. The fraction of sp³-hybridized carbons (Fsp3) is 0.667. The summed E-state index contributed by atoms with van der Waals surface area (Å²) in [4.78, 5) is 9.64. The van der Waals surface area contributed by atoms with Crippen LogP contribution in [0.2, 0.25) is 0 Å². The van der Waals surface area contributed by atoms with Crippen LogP contribution in [0.4, 0.5) is 0 Å². The maximum absolute atomic E-state index is 4.82. The Hall–Kier alpha value is -0.880. The van der Waals surface area contributed by atoms with Gasteiger partial charge in [-0.15, -0.1) is 0 Å². The average Bonchev–Trinajstić information content (AvgIpc) is 3.10. The molecule has 0 saturated carbocycles. The Bertz CT molecular complexity index is 587. The molecule has 0 fully saturated rings. The van der Waals surface area contributed by atoms with Crippen LogP contribution in [0.1, 0.15) is 77.9 Å². The van der Waals surface area contributed by atoms with Gasteiger partial charge in [-0.25, -0.2) is 9.97 Å². The highest BCUT2D eigenvalue weighted by Gasteiger charge is 2.16. The average molecular weight is 367 g/mol. The van der Waals surface area contributed by atoms with Crippen LogP contribution in [-0.2, 0) is 12.8 Å². The Morgan fingerprint density at radius 1 is 0.792 bits per heavy atom. The van der Waals surface area contributed by atoms with Crippen LogP contribution in [-0.4, -0.2) is 19.1 Å². The molecule has 24 heavy (non-hydrogen) atoms. The number of aryl methyl sites for hydroxylation is 2. The Labute approximate surface area is 154 Å². The first-order chi connectivity index (χ1) is 11.5. The molecule has 4 nitrogen and oxygen atoms in total. The molecule has 134 valence electrons. The second-order valence-electron chi connectivity index (χ2n) is 6.70. The van der Waals surface area contributed by atoms with Crippen molar-refractivity contribution in [3.05, 3.63) is 23.8 Å². The smallest absolute Gasteiger partial charge is 0.179 e. The zero-order valence-electron chi connectivity index (χ0n) is 15.7. The van der Waals surface area contributed by atoms with E-state index in [1.165, 1.54) is 11.4 Å². The van der Waals surface area contributed by atoms with Gasteiger partial charge in [-0.2, -0.15) is 0 Å². The minimum absolute atomic E-state index is 0.423. The molecule has 0 aliphatic carbocycles. The summed E-state index contributed by atoms with van der Waals surface area (Å²) >= 11 is 0. The number of imidazole rings is 2. The molecule has 0 bridgehead atoms. The summed E-state index contributed by atoms with van der Waals surface area (Å²) in [6.07, 6.45) is 8.75. The number of aromatic nitrogens is 4. The zero-order chi connectivity index (χ0) is 17.7. The van der Waals surface area contributed by atoms with Crippen LogP contribution in [0.5, 0.6) is 0 Å². The summed E-state index contributed by atoms with van der Waals surface area (Å²) in [5.41, 5.74) is 2.38. The van der Waals surface area contributed by atoms with E-state index in [2.05, 4.69) is 63.1 Å². The van der Waals surface area contributed by atoms with E-state index in [0.717, 1.165) is 36.0 Å². The monoisotopic (exact) mass is 366 g/mol. The predicted molar refractivity (Wildman–Crippen MR) is 105 cm³/mol. The lowest BCUT2D eigenvalue weighted by Crippen LogP contribution is -2.01. The van der Waals surface area contributed by atoms with Gasteiger partial charge in [0, 0.05) is 24.5 Å². The van der Waals surface area contributed by atoms with Crippen LogP contribution < -0.4 is 0 Å². The number of nitrogens with zero attached hydrogens (tertiary/aromatic N) is 4. The minimum Gasteiger partial charge on any atom is -0.323 e. The largest absolute Gasteiger partial charge is 0.323 e. The lowest BCUT2D eigenvalue weighted by molar-refractivity contribution is 0.548. The van der Waals surface area contributed by atoms with Gasteiger partial charge in [0.1, 0.15) is 0 Å². The SMILES string of the molecule is CCCc1cn(C(C)C)c(SSc2nc(CCC)cn2C(C)C)n1. The molecule has 0 amide bonds. The summed E-state index contributed by atoms with van der Waals surface area (Å²) in [5.74, 6) is 0. The third kappa shape index (κ3) is 4.82. The van der Waals surface area contributed by atoms with Crippen LogP contribution >= 0.6 is 21.6 Å². The molecular formula is C18H30N4S2. The minimum atomic E-state index is 0.423. The third-order valence-corrected chi connectivity index (χ3v) is 5.94. The van der Waals surface area contributed by atoms with Gasteiger partial charge in [-0.1, -0.05) is 26.7 Å². The summed E-state index contributed by atoms with van der Waals surface area (Å²) in [5, 5.41) is 2.16. The van der Waals surface area contributed by atoms with Crippen molar-refractivity contribution >= 4 is 21.6 Å². The molecule has 2 heterocycles. The summed E-state index contributed by atoms with van der Waals surface area (Å²) in [7, 11) is 3.45. The zero-order valence-corrected chi connectivity index (χ0v) is 17.4.